The van der Waals surface area contributed by atoms with E-state index in [1.807, 2.05) is 6.20 Å². The maximum Gasteiger partial charge on any atom is 0.157 e. The lowest BCUT2D eigenvalue weighted by Crippen LogP contribution is -1.98. The number of imidazole rings is 1. The Morgan fingerprint density at radius 3 is 2.86 bits per heavy atom. The van der Waals surface area contributed by atoms with Gasteiger partial charge in [-0.15, -0.1) is 0 Å². The molecule has 0 aromatic carbocycles. The lowest BCUT2D eigenvalue weighted by molar-refractivity contribution is 0.644. The van der Waals surface area contributed by atoms with Gasteiger partial charge in [-0.1, -0.05) is 13.8 Å². The Balaban J connectivity index is 2.51. The van der Waals surface area contributed by atoms with Crippen LogP contribution in [0.3, 0.4) is 0 Å². The van der Waals surface area contributed by atoms with E-state index in [0.29, 0.717) is 5.92 Å². The molecule has 0 bridgehead atoms. The highest BCUT2D eigenvalue weighted by Gasteiger charge is 2.07. The molecule has 0 saturated carbocycles. The van der Waals surface area contributed by atoms with Crippen LogP contribution in [0.4, 0.5) is 0 Å². The summed E-state index contributed by atoms with van der Waals surface area (Å²) in [5.41, 5.74) is 4.45. The van der Waals surface area contributed by atoms with Crippen molar-refractivity contribution in [2.45, 2.75) is 27.2 Å². The van der Waals surface area contributed by atoms with E-state index in [-0.39, 0.29) is 0 Å². The quantitative estimate of drug-likeness (QED) is 0.788. The van der Waals surface area contributed by atoms with Crippen LogP contribution in [0.25, 0.3) is 11.2 Å². The standard InChI is InChI=1S/C11H15N3/c1-7(2)4-9-5-12-11-10(8(9)3)13-6-14-11/h5-7H,4H2,1-3H3,(H,12,13,14). The molecule has 0 amide bonds. The van der Waals surface area contributed by atoms with Gasteiger partial charge < -0.3 is 4.98 Å². The third kappa shape index (κ3) is 1.50. The predicted molar refractivity (Wildman–Crippen MR) is 57.2 cm³/mol. The molecule has 0 radical (unpaired) electrons. The molecule has 0 aliphatic rings. The molecule has 3 heteroatoms. The number of H-pyrrole nitrogens is 1. The molecule has 0 unspecified atom stereocenters. The van der Waals surface area contributed by atoms with Gasteiger partial charge >= 0.3 is 0 Å². The summed E-state index contributed by atoms with van der Waals surface area (Å²) in [5.74, 6) is 0.659. The van der Waals surface area contributed by atoms with Gasteiger partial charge in [0.1, 0.15) is 5.52 Å². The van der Waals surface area contributed by atoms with E-state index in [0.717, 1.165) is 17.6 Å². The Morgan fingerprint density at radius 2 is 2.14 bits per heavy atom. The lowest BCUT2D eigenvalue weighted by Gasteiger charge is -2.07. The molecule has 0 saturated heterocycles. The summed E-state index contributed by atoms with van der Waals surface area (Å²) in [6, 6.07) is 0. The maximum absolute atomic E-state index is 4.34. The second-order valence-corrected chi connectivity index (χ2v) is 4.11. The molecule has 2 heterocycles. The van der Waals surface area contributed by atoms with Crippen LogP contribution in [0.2, 0.25) is 0 Å². The number of rotatable bonds is 2. The Kier molecular flexibility index (Phi) is 2.23. The van der Waals surface area contributed by atoms with E-state index in [2.05, 4.69) is 35.7 Å². The van der Waals surface area contributed by atoms with Crippen molar-refractivity contribution >= 4 is 11.2 Å². The summed E-state index contributed by atoms with van der Waals surface area (Å²) in [4.78, 5) is 11.6. The fourth-order valence-corrected chi connectivity index (χ4v) is 1.70. The third-order valence-corrected chi connectivity index (χ3v) is 2.43. The molecular weight excluding hydrogens is 174 g/mol. The van der Waals surface area contributed by atoms with Crippen LogP contribution in [-0.2, 0) is 6.42 Å². The normalized spacial score (nSPS) is 11.4. The molecule has 0 spiro atoms. The van der Waals surface area contributed by atoms with Gasteiger partial charge in [0.25, 0.3) is 0 Å². The van der Waals surface area contributed by atoms with Crippen molar-refractivity contribution in [2.24, 2.45) is 5.92 Å². The summed E-state index contributed by atoms with van der Waals surface area (Å²) in [6.07, 6.45) is 4.72. The first-order valence-electron chi connectivity index (χ1n) is 4.96. The molecule has 2 aromatic heterocycles. The minimum Gasteiger partial charge on any atom is -0.329 e. The summed E-state index contributed by atoms with van der Waals surface area (Å²) in [6.45, 7) is 6.55. The second kappa shape index (κ2) is 3.40. The fourth-order valence-electron chi connectivity index (χ4n) is 1.70. The predicted octanol–water partition coefficient (Wildman–Crippen LogP) is 2.46. The zero-order valence-corrected chi connectivity index (χ0v) is 8.83. The van der Waals surface area contributed by atoms with Crippen LogP contribution in [0.5, 0.6) is 0 Å². The van der Waals surface area contributed by atoms with Crippen molar-refractivity contribution in [1.82, 2.24) is 15.0 Å². The zero-order chi connectivity index (χ0) is 10.1. The van der Waals surface area contributed by atoms with Crippen molar-refractivity contribution in [1.29, 1.82) is 0 Å². The molecule has 0 fully saturated rings. The molecule has 14 heavy (non-hydrogen) atoms. The molecule has 2 rings (SSSR count). The SMILES string of the molecule is Cc1c(CC(C)C)cnc2[nH]cnc12. The number of aromatic nitrogens is 3. The Bertz CT molecular complexity index is 443. The van der Waals surface area contributed by atoms with Crippen molar-refractivity contribution in [3.8, 4) is 0 Å². The van der Waals surface area contributed by atoms with Crippen LogP contribution in [0, 0.1) is 12.8 Å². The highest BCUT2D eigenvalue weighted by atomic mass is 14.9. The summed E-state index contributed by atoms with van der Waals surface area (Å²) < 4.78 is 0. The average Bonchev–Trinajstić information content (AvgIpc) is 2.57. The van der Waals surface area contributed by atoms with E-state index in [1.165, 1.54) is 11.1 Å². The average molecular weight is 189 g/mol. The number of pyridine rings is 1. The van der Waals surface area contributed by atoms with E-state index in [1.54, 1.807) is 6.33 Å². The van der Waals surface area contributed by atoms with E-state index < -0.39 is 0 Å². The van der Waals surface area contributed by atoms with Crippen LogP contribution < -0.4 is 0 Å². The van der Waals surface area contributed by atoms with Gasteiger partial charge in [-0.2, -0.15) is 0 Å². The number of fused-ring (bicyclic) bond motifs is 1. The van der Waals surface area contributed by atoms with E-state index >= 15 is 0 Å². The first-order valence-corrected chi connectivity index (χ1v) is 4.96. The van der Waals surface area contributed by atoms with Crippen LogP contribution >= 0.6 is 0 Å². The zero-order valence-electron chi connectivity index (χ0n) is 8.83. The highest BCUT2D eigenvalue weighted by molar-refractivity contribution is 5.74. The summed E-state index contributed by atoms with van der Waals surface area (Å²) >= 11 is 0. The third-order valence-electron chi connectivity index (χ3n) is 2.43. The fraction of sp³-hybridized carbons (Fsp3) is 0.455. The molecular formula is C11H15N3. The molecule has 0 atom stereocenters. The van der Waals surface area contributed by atoms with Gasteiger partial charge in [0.15, 0.2) is 5.65 Å². The monoisotopic (exact) mass is 189 g/mol. The van der Waals surface area contributed by atoms with Gasteiger partial charge in [0, 0.05) is 6.20 Å². The van der Waals surface area contributed by atoms with E-state index in [4.69, 9.17) is 0 Å². The molecule has 0 aliphatic heterocycles. The van der Waals surface area contributed by atoms with Crippen molar-refractivity contribution < 1.29 is 0 Å². The number of nitrogens with zero attached hydrogens (tertiary/aromatic N) is 2. The first-order chi connectivity index (χ1) is 6.68. The summed E-state index contributed by atoms with van der Waals surface area (Å²) in [7, 11) is 0. The Hall–Kier alpha value is -1.38. The smallest absolute Gasteiger partial charge is 0.157 e. The molecule has 3 nitrogen and oxygen atoms in total. The summed E-state index contributed by atoms with van der Waals surface area (Å²) in [5, 5.41) is 0. The van der Waals surface area contributed by atoms with Gasteiger partial charge in [-0.3, -0.25) is 0 Å². The largest absolute Gasteiger partial charge is 0.329 e. The van der Waals surface area contributed by atoms with Gasteiger partial charge in [-0.05, 0) is 30.4 Å². The maximum atomic E-state index is 4.34. The van der Waals surface area contributed by atoms with Crippen LogP contribution in [-0.4, -0.2) is 15.0 Å². The Morgan fingerprint density at radius 1 is 1.36 bits per heavy atom. The van der Waals surface area contributed by atoms with Crippen LogP contribution in [0.15, 0.2) is 12.5 Å². The molecule has 2 aromatic rings. The molecule has 74 valence electrons. The molecule has 0 aliphatic carbocycles. The van der Waals surface area contributed by atoms with Crippen LogP contribution in [0.1, 0.15) is 25.0 Å². The minimum absolute atomic E-state index is 0.659. The number of aryl methyl sites for hydroxylation is 1. The minimum atomic E-state index is 0.659. The van der Waals surface area contributed by atoms with Gasteiger partial charge in [-0.25, -0.2) is 9.97 Å². The topological polar surface area (TPSA) is 41.6 Å². The number of hydrogen-bond acceptors (Lipinski definition) is 2. The lowest BCUT2D eigenvalue weighted by atomic mass is 10.0. The van der Waals surface area contributed by atoms with Gasteiger partial charge in [0.2, 0.25) is 0 Å². The van der Waals surface area contributed by atoms with E-state index in [9.17, 15) is 0 Å². The first kappa shape index (κ1) is 9.19. The second-order valence-electron chi connectivity index (χ2n) is 4.11. The Labute approximate surface area is 83.6 Å². The van der Waals surface area contributed by atoms with Crippen molar-refractivity contribution in [3.05, 3.63) is 23.7 Å². The molecule has 1 N–H and O–H groups in total. The van der Waals surface area contributed by atoms with Crippen molar-refractivity contribution in [3.63, 3.8) is 0 Å². The number of aromatic amines is 1. The number of nitrogens with one attached hydrogen (secondary N) is 1. The highest BCUT2D eigenvalue weighted by Crippen LogP contribution is 2.18. The van der Waals surface area contributed by atoms with Gasteiger partial charge in [0.05, 0.1) is 6.33 Å². The van der Waals surface area contributed by atoms with Crippen molar-refractivity contribution in [2.75, 3.05) is 0 Å². The number of hydrogen-bond donors (Lipinski definition) is 1.